The van der Waals surface area contributed by atoms with Gasteiger partial charge >= 0.3 is 0 Å². The first-order valence-electron chi connectivity index (χ1n) is 4.40. The van der Waals surface area contributed by atoms with Gasteiger partial charge < -0.3 is 4.98 Å². The molecule has 1 rings (SSSR count). The van der Waals surface area contributed by atoms with Crippen LogP contribution in [0.2, 0.25) is 0 Å². The van der Waals surface area contributed by atoms with Crippen molar-refractivity contribution in [3.05, 3.63) is 22.5 Å². The Balaban J connectivity index is 3.25. The van der Waals surface area contributed by atoms with E-state index >= 15 is 0 Å². The summed E-state index contributed by atoms with van der Waals surface area (Å²) in [5.41, 5.74) is 4.38. The van der Waals surface area contributed by atoms with Gasteiger partial charge in [-0.05, 0) is 30.9 Å². The fourth-order valence-electron chi connectivity index (χ4n) is 1.72. The average Bonchev–Trinajstić information content (AvgIpc) is 2.40. The second-order valence-corrected chi connectivity index (χ2v) is 2.95. The maximum Gasteiger partial charge on any atom is 0.166 e. The standard InChI is InChI=1S/C10H15NO/c1-4-8-7(3)11-10(6-12)9(8)5-2/h6,11H,4-5H2,1-3H3. The smallest absolute Gasteiger partial charge is 0.166 e. The topological polar surface area (TPSA) is 32.9 Å². The number of aryl methyl sites for hydroxylation is 1. The Morgan fingerprint density at radius 3 is 2.25 bits per heavy atom. The Kier molecular flexibility index (Phi) is 2.69. The number of carbonyl (C=O) groups excluding carboxylic acids is 1. The van der Waals surface area contributed by atoms with E-state index in [0.717, 1.165) is 30.5 Å². The van der Waals surface area contributed by atoms with Crippen LogP contribution in [0.5, 0.6) is 0 Å². The lowest BCUT2D eigenvalue weighted by molar-refractivity contribution is 0.111. The Morgan fingerprint density at radius 2 is 1.83 bits per heavy atom. The number of hydrogen-bond donors (Lipinski definition) is 1. The van der Waals surface area contributed by atoms with Gasteiger partial charge in [-0.15, -0.1) is 0 Å². The van der Waals surface area contributed by atoms with E-state index in [-0.39, 0.29) is 0 Å². The number of rotatable bonds is 3. The predicted molar refractivity (Wildman–Crippen MR) is 49.7 cm³/mol. The molecule has 2 heteroatoms. The Bertz CT molecular complexity index is 286. The van der Waals surface area contributed by atoms with Gasteiger partial charge in [0.25, 0.3) is 0 Å². The van der Waals surface area contributed by atoms with Crippen LogP contribution >= 0.6 is 0 Å². The third kappa shape index (κ3) is 1.29. The SMILES string of the molecule is CCc1c(C)[nH]c(C=O)c1CC. The molecular weight excluding hydrogens is 150 g/mol. The summed E-state index contributed by atoms with van der Waals surface area (Å²) >= 11 is 0. The van der Waals surface area contributed by atoms with Gasteiger partial charge in [0.05, 0.1) is 5.69 Å². The zero-order valence-corrected chi connectivity index (χ0v) is 7.90. The molecule has 12 heavy (non-hydrogen) atoms. The number of nitrogens with one attached hydrogen (secondary N) is 1. The van der Waals surface area contributed by atoms with Crippen LogP contribution < -0.4 is 0 Å². The maximum atomic E-state index is 10.6. The fraction of sp³-hybridized carbons (Fsp3) is 0.500. The van der Waals surface area contributed by atoms with Crippen molar-refractivity contribution in [2.45, 2.75) is 33.6 Å². The molecule has 1 N–H and O–H groups in total. The van der Waals surface area contributed by atoms with E-state index in [4.69, 9.17) is 0 Å². The monoisotopic (exact) mass is 165 g/mol. The second-order valence-electron chi connectivity index (χ2n) is 2.95. The molecule has 0 aliphatic heterocycles. The Morgan fingerprint density at radius 1 is 1.25 bits per heavy atom. The highest BCUT2D eigenvalue weighted by atomic mass is 16.1. The second kappa shape index (κ2) is 3.57. The molecular formula is C10H15NO. The number of H-pyrrole nitrogens is 1. The zero-order valence-electron chi connectivity index (χ0n) is 7.90. The molecule has 0 aliphatic rings. The average molecular weight is 165 g/mol. The van der Waals surface area contributed by atoms with Crippen LogP contribution in [0.4, 0.5) is 0 Å². The lowest BCUT2D eigenvalue weighted by Crippen LogP contribution is -1.90. The van der Waals surface area contributed by atoms with Gasteiger partial charge in [-0.25, -0.2) is 0 Å². The molecule has 0 amide bonds. The number of aldehydes is 1. The summed E-state index contributed by atoms with van der Waals surface area (Å²) in [6.45, 7) is 6.21. The Labute approximate surface area is 73.0 Å². The molecule has 0 spiro atoms. The molecule has 66 valence electrons. The van der Waals surface area contributed by atoms with E-state index in [2.05, 4.69) is 18.8 Å². The highest BCUT2D eigenvalue weighted by Gasteiger charge is 2.10. The van der Waals surface area contributed by atoms with Crippen molar-refractivity contribution < 1.29 is 4.79 Å². The maximum absolute atomic E-state index is 10.6. The predicted octanol–water partition coefficient (Wildman–Crippen LogP) is 2.26. The third-order valence-corrected chi connectivity index (χ3v) is 2.29. The molecule has 0 saturated carbocycles. The number of hydrogen-bond acceptors (Lipinski definition) is 1. The molecule has 1 aromatic heterocycles. The lowest BCUT2D eigenvalue weighted by atomic mass is 10.0. The van der Waals surface area contributed by atoms with E-state index in [1.54, 1.807) is 0 Å². The van der Waals surface area contributed by atoms with Gasteiger partial charge in [0, 0.05) is 5.69 Å². The van der Waals surface area contributed by atoms with Crippen molar-refractivity contribution in [1.82, 2.24) is 4.98 Å². The van der Waals surface area contributed by atoms with Crippen molar-refractivity contribution in [3.8, 4) is 0 Å². The van der Waals surface area contributed by atoms with Gasteiger partial charge in [-0.1, -0.05) is 13.8 Å². The summed E-state index contributed by atoms with van der Waals surface area (Å²) in [6, 6.07) is 0. The molecule has 0 unspecified atom stereocenters. The minimum absolute atomic E-state index is 0.756. The van der Waals surface area contributed by atoms with Crippen molar-refractivity contribution in [2.24, 2.45) is 0 Å². The highest BCUT2D eigenvalue weighted by Crippen LogP contribution is 2.18. The molecule has 0 bridgehead atoms. The van der Waals surface area contributed by atoms with Gasteiger partial charge in [0.2, 0.25) is 0 Å². The molecule has 0 aliphatic carbocycles. The van der Waals surface area contributed by atoms with Crippen LogP contribution in [0.15, 0.2) is 0 Å². The van der Waals surface area contributed by atoms with Crippen LogP contribution in [-0.2, 0) is 12.8 Å². The van der Waals surface area contributed by atoms with E-state index in [9.17, 15) is 4.79 Å². The normalized spacial score (nSPS) is 10.2. The van der Waals surface area contributed by atoms with Gasteiger partial charge in [-0.3, -0.25) is 4.79 Å². The van der Waals surface area contributed by atoms with Gasteiger partial charge in [-0.2, -0.15) is 0 Å². The van der Waals surface area contributed by atoms with E-state index < -0.39 is 0 Å². The largest absolute Gasteiger partial charge is 0.356 e. The summed E-state index contributed by atoms with van der Waals surface area (Å²) < 4.78 is 0. The van der Waals surface area contributed by atoms with Crippen molar-refractivity contribution in [2.75, 3.05) is 0 Å². The van der Waals surface area contributed by atoms with E-state index in [1.165, 1.54) is 11.1 Å². The molecule has 1 heterocycles. The summed E-state index contributed by atoms with van der Waals surface area (Å²) in [4.78, 5) is 13.7. The molecule has 0 fully saturated rings. The van der Waals surface area contributed by atoms with Gasteiger partial charge in [0.1, 0.15) is 0 Å². The van der Waals surface area contributed by atoms with Crippen LogP contribution in [0.1, 0.15) is 41.2 Å². The van der Waals surface area contributed by atoms with Crippen molar-refractivity contribution in [3.63, 3.8) is 0 Å². The lowest BCUT2D eigenvalue weighted by Gasteiger charge is -1.98. The fourth-order valence-corrected chi connectivity index (χ4v) is 1.72. The third-order valence-electron chi connectivity index (χ3n) is 2.29. The summed E-state index contributed by atoms with van der Waals surface area (Å²) in [7, 11) is 0. The highest BCUT2D eigenvalue weighted by molar-refractivity contribution is 5.76. The number of aromatic nitrogens is 1. The summed E-state index contributed by atoms with van der Waals surface area (Å²) in [5, 5.41) is 0. The molecule has 0 atom stereocenters. The number of aromatic amines is 1. The van der Waals surface area contributed by atoms with Gasteiger partial charge in [0.15, 0.2) is 6.29 Å². The molecule has 2 nitrogen and oxygen atoms in total. The first-order chi connectivity index (χ1) is 5.74. The zero-order chi connectivity index (χ0) is 9.14. The molecule has 1 aromatic rings. The van der Waals surface area contributed by atoms with Crippen LogP contribution in [-0.4, -0.2) is 11.3 Å². The Hall–Kier alpha value is -1.05. The molecule has 0 saturated heterocycles. The first kappa shape index (κ1) is 9.04. The van der Waals surface area contributed by atoms with Crippen LogP contribution in [0, 0.1) is 6.92 Å². The van der Waals surface area contributed by atoms with Crippen LogP contribution in [0.3, 0.4) is 0 Å². The molecule has 0 aromatic carbocycles. The molecule has 0 radical (unpaired) electrons. The first-order valence-corrected chi connectivity index (χ1v) is 4.40. The van der Waals surface area contributed by atoms with E-state index in [1.807, 2.05) is 6.92 Å². The minimum Gasteiger partial charge on any atom is -0.356 e. The summed E-state index contributed by atoms with van der Waals surface area (Å²) in [5.74, 6) is 0. The van der Waals surface area contributed by atoms with E-state index in [0.29, 0.717) is 0 Å². The quantitative estimate of drug-likeness (QED) is 0.685. The number of carbonyl (C=O) groups is 1. The van der Waals surface area contributed by atoms with Crippen molar-refractivity contribution >= 4 is 6.29 Å². The van der Waals surface area contributed by atoms with Crippen molar-refractivity contribution in [1.29, 1.82) is 0 Å². The summed E-state index contributed by atoms with van der Waals surface area (Å²) in [6.07, 6.45) is 2.84. The van der Waals surface area contributed by atoms with Crippen LogP contribution in [0.25, 0.3) is 0 Å². The minimum atomic E-state index is 0.756.